The summed E-state index contributed by atoms with van der Waals surface area (Å²) in [5, 5.41) is 0.769. The first-order valence-corrected chi connectivity index (χ1v) is 10.3. The van der Waals surface area contributed by atoms with Gasteiger partial charge in [0.1, 0.15) is 0 Å². The van der Waals surface area contributed by atoms with E-state index in [2.05, 4.69) is 19.9 Å². The Labute approximate surface area is 164 Å². The van der Waals surface area contributed by atoms with Crippen LogP contribution in [0.25, 0.3) is 16.3 Å². The second-order valence-electron chi connectivity index (χ2n) is 6.41. The monoisotopic (exact) mass is 380 g/mol. The fourth-order valence-corrected chi connectivity index (χ4v) is 3.97. The van der Waals surface area contributed by atoms with Crippen LogP contribution in [-0.4, -0.2) is 37.1 Å². The molecule has 0 radical (unpaired) electrons. The lowest BCUT2D eigenvalue weighted by Gasteiger charge is -2.22. The maximum Gasteiger partial charge on any atom is 0.252 e. The van der Waals surface area contributed by atoms with Gasteiger partial charge in [0.05, 0.1) is 36.4 Å². The molecule has 1 heterocycles. The molecular formula is C22H26N3OS+. The van der Waals surface area contributed by atoms with Gasteiger partial charge in [-0.25, -0.2) is 4.98 Å². The Morgan fingerprint density at radius 1 is 1.07 bits per heavy atom. The number of rotatable bonds is 8. The molecule has 0 saturated carbocycles. The highest BCUT2D eigenvalue weighted by atomic mass is 32.1. The van der Waals surface area contributed by atoms with E-state index in [-0.39, 0.29) is 5.91 Å². The molecular weight excluding hydrogens is 354 g/mol. The molecule has 0 aliphatic carbocycles. The van der Waals surface area contributed by atoms with Crippen molar-refractivity contribution in [1.82, 2.24) is 4.98 Å². The van der Waals surface area contributed by atoms with Gasteiger partial charge < -0.3 is 4.90 Å². The first kappa shape index (κ1) is 19.3. The van der Waals surface area contributed by atoms with Gasteiger partial charge in [-0.05, 0) is 37.6 Å². The Hall–Kier alpha value is -2.50. The Morgan fingerprint density at radius 2 is 1.78 bits per heavy atom. The fourth-order valence-electron chi connectivity index (χ4n) is 2.97. The number of fused-ring (bicyclic) bond motifs is 1. The number of carbonyl (C=O) groups is 1. The van der Waals surface area contributed by atoms with Gasteiger partial charge in [-0.1, -0.05) is 53.8 Å². The smallest absolute Gasteiger partial charge is 0.252 e. The molecule has 0 atom stereocenters. The van der Waals surface area contributed by atoms with E-state index in [0.717, 1.165) is 40.5 Å². The van der Waals surface area contributed by atoms with Crippen molar-refractivity contribution in [3.05, 3.63) is 66.2 Å². The van der Waals surface area contributed by atoms with E-state index in [1.807, 2.05) is 59.5 Å². The summed E-state index contributed by atoms with van der Waals surface area (Å²) < 4.78 is 1.10. The zero-order valence-corrected chi connectivity index (χ0v) is 16.7. The maximum atomic E-state index is 13.0. The first-order chi connectivity index (χ1) is 13.2. The molecule has 3 aromatic rings. The zero-order valence-electron chi connectivity index (χ0n) is 15.9. The topological polar surface area (TPSA) is 37.6 Å². The number of benzene rings is 2. The molecule has 1 aromatic heterocycles. The van der Waals surface area contributed by atoms with E-state index in [1.54, 1.807) is 17.4 Å². The third-order valence-corrected chi connectivity index (χ3v) is 5.75. The first-order valence-electron chi connectivity index (χ1n) is 9.45. The summed E-state index contributed by atoms with van der Waals surface area (Å²) in [6.07, 6.45) is 3.52. The van der Waals surface area contributed by atoms with Gasteiger partial charge in [0.25, 0.3) is 5.91 Å². The number of aromatic nitrogens is 1. The number of anilines is 1. The summed E-state index contributed by atoms with van der Waals surface area (Å²) in [5.41, 5.74) is 1.96. The van der Waals surface area contributed by atoms with E-state index in [4.69, 9.17) is 4.98 Å². The summed E-state index contributed by atoms with van der Waals surface area (Å²) in [4.78, 5) is 21.0. The number of thiazole rings is 1. The molecule has 27 heavy (non-hydrogen) atoms. The van der Waals surface area contributed by atoms with Crippen LogP contribution in [0.15, 0.2) is 60.7 Å². The molecule has 1 amide bonds. The second-order valence-corrected chi connectivity index (χ2v) is 7.41. The van der Waals surface area contributed by atoms with Crippen molar-refractivity contribution in [3.8, 4) is 0 Å². The molecule has 1 N–H and O–H groups in total. The Bertz CT molecular complexity index is 867. The number of nitrogens with zero attached hydrogens (tertiary/aromatic N) is 2. The summed E-state index contributed by atoms with van der Waals surface area (Å²) in [5.74, 6) is -0.0236. The zero-order chi connectivity index (χ0) is 19.1. The standard InChI is InChI=1S/C22H25N3OS/c1-3-24(4-2)16-17-25(21(26)15-14-18-10-6-5-7-11-18)22-23-19-12-8-9-13-20(19)27-22/h5-15H,3-4,16-17H2,1-2H3/p+1/b15-14+. The SMILES string of the molecule is CC[NH+](CC)CCN(C(=O)/C=C/c1ccccc1)c1nc2ccccc2s1. The second kappa shape index (κ2) is 9.44. The molecule has 0 saturated heterocycles. The molecule has 0 bridgehead atoms. The minimum atomic E-state index is -0.0236. The Balaban J connectivity index is 1.84. The number of hydrogen-bond donors (Lipinski definition) is 1. The van der Waals surface area contributed by atoms with Gasteiger partial charge in [-0.2, -0.15) is 0 Å². The van der Waals surface area contributed by atoms with Gasteiger partial charge in [0.15, 0.2) is 5.13 Å². The molecule has 0 aliphatic rings. The minimum absolute atomic E-state index is 0.0236. The van der Waals surface area contributed by atoms with Crippen molar-refractivity contribution < 1.29 is 9.69 Å². The van der Waals surface area contributed by atoms with Gasteiger partial charge in [0, 0.05) is 6.08 Å². The van der Waals surface area contributed by atoms with Crippen LogP contribution in [0.1, 0.15) is 19.4 Å². The van der Waals surface area contributed by atoms with Crippen molar-refractivity contribution in [3.63, 3.8) is 0 Å². The van der Waals surface area contributed by atoms with E-state index < -0.39 is 0 Å². The van der Waals surface area contributed by atoms with Crippen LogP contribution in [0.3, 0.4) is 0 Å². The van der Waals surface area contributed by atoms with Crippen molar-refractivity contribution in [2.24, 2.45) is 0 Å². The fraction of sp³-hybridized carbons (Fsp3) is 0.273. The number of hydrogen-bond acceptors (Lipinski definition) is 3. The third-order valence-electron chi connectivity index (χ3n) is 4.69. The van der Waals surface area contributed by atoms with E-state index in [0.29, 0.717) is 6.54 Å². The molecule has 4 nitrogen and oxygen atoms in total. The van der Waals surface area contributed by atoms with E-state index in [1.165, 1.54) is 4.90 Å². The molecule has 0 unspecified atom stereocenters. The van der Waals surface area contributed by atoms with Crippen molar-refractivity contribution >= 4 is 38.7 Å². The lowest BCUT2D eigenvalue weighted by atomic mass is 10.2. The van der Waals surface area contributed by atoms with Crippen molar-refractivity contribution in [2.45, 2.75) is 13.8 Å². The lowest BCUT2D eigenvalue weighted by Crippen LogP contribution is -3.12. The number of nitrogens with one attached hydrogen (secondary N) is 1. The van der Waals surface area contributed by atoms with Crippen molar-refractivity contribution in [1.29, 1.82) is 0 Å². The van der Waals surface area contributed by atoms with Gasteiger partial charge in [-0.15, -0.1) is 0 Å². The van der Waals surface area contributed by atoms with Gasteiger partial charge in [-0.3, -0.25) is 9.69 Å². The molecule has 140 valence electrons. The summed E-state index contributed by atoms with van der Waals surface area (Å²) >= 11 is 1.57. The summed E-state index contributed by atoms with van der Waals surface area (Å²) in [6, 6.07) is 17.9. The average molecular weight is 381 g/mol. The predicted molar refractivity (Wildman–Crippen MR) is 114 cm³/mol. The molecule has 5 heteroatoms. The molecule has 0 spiro atoms. The quantitative estimate of drug-likeness (QED) is 0.609. The van der Waals surface area contributed by atoms with E-state index in [9.17, 15) is 4.79 Å². The van der Waals surface area contributed by atoms with Crippen molar-refractivity contribution in [2.75, 3.05) is 31.1 Å². The molecule has 0 fully saturated rings. The van der Waals surface area contributed by atoms with Crippen LogP contribution in [-0.2, 0) is 4.79 Å². The van der Waals surface area contributed by atoms with E-state index >= 15 is 0 Å². The van der Waals surface area contributed by atoms with Crippen LogP contribution >= 0.6 is 11.3 Å². The van der Waals surface area contributed by atoms with Crippen LogP contribution in [0.2, 0.25) is 0 Å². The average Bonchev–Trinajstić information content (AvgIpc) is 3.14. The Morgan fingerprint density at radius 3 is 2.48 bits per heavy atom. The molecule has 2 aromatic carbocycles. The maximum absolute atomic E-state index is 13.0. The Kier molecular flexibility index (Phi) is 6.74. The number of carbonyl (C=O) groups excluding carboxylic acids is 1. The number of likely N-dealkylation sites (N-methyl/N-ethyl adjacent to an activating group) is 1. The predicted octanol–water partition coefficient (Wildman–Crippen LogP) is 3.27. The van der Waals surface area contributed by atoms with Gasteiger partial charge in [0.2, 0.25) is 0 Å². The number of para-hydroxylation sites is 1. The number of quaternary nitrogens is 1. The minimum Gasteiger partial charge on any atom is -0.334 e. The van der Waals surface area contributed by atoms with Crippen LogP contribution in [0, 0.1) is 0 Å². The van der Waals surface area contributed by atoms with Gasteiger partial charge >= 0.3 is 0 Å². The third kappa shape index (κ3) is 5.02. The largest absolute Gasteiger partial charge is 0.334 e. The van der Waals surface area contributed by atoms with Crippen LogP contribution in [0.5, 0.6) is 0 Å². The highest BCUT2D eigenvalue weighted by Gasteiger charge is 2.19. The molecule has 0 aliphatic heterocycles. The van der Waals surface area contributed by atoms with Crippen LogP contribution < -0.4 is 9.80 Å². The highest BCUT2D eigenvalue weighted by Crippen LogP contribution is 2.28. The highest BCUT2D eigenvalue weighted by molar-refractivity contribution is 7.22. The normalized spacial score (nSPS) is 11.5. The summed E-state index contributed by atoms with van der Waals surface area (Å²) in [7, 11) is 0. The lowest BCUT2D eigenvalue weighted by molar-refractivity contribution is -0.894. The summed E-state index contributed by atoms with van der Waals surface area (Å²) in [6.45, 7) is 8.04. The molecule has 3 rings (SSSR count). The number of amides is 1. The van der Waals surface area contributed by atoms with Crippen LogP contribution in [0.4, 0.5) is 5.13 Å².